The van der Waals surface area contributed by atoms with Crippen molar-refractivity contribution in [2.24, 2.45) is 0 Å². The molecule has 0 spiro atoms. The number of unbranched alkanes of at least 4 members (excludes halogenated alkanes) is 1. The van der Waals surface area contributed by atoms with Gasteiger partial charge in [0.2, 0.25) is 0 Å². The van der Waals surface area contributed by atoms with E-state index in [-0.39, 0.29) is 0 Å². The summed E-state index contributed by atoms with van der Waals surface area (Å²) >= 11 is 1.40. The number of rotatable bonds is 10. The molecule has 0 saturated heterocycles. The van der Waals surface area contributed by atoms with Crippen LogP contribution in [0.25, 0.3) is 0 Å². The van der Waals surface area contributed by atoms with Crippen LogP contribution in [0.4, 0.5) is 0 Å². The van der Waals surface area contributed by atoms with Crippen molar-refractivity contribution < 1.29 is 8.42 Å². The minimum Gasteiger partial charge on any atom is -0.312 e. The summed E-state index contributed by atoms with van der Waals surface area (Å²) in [6.45, 7) is 10.9. The van der Waals surface area contributed by atoms with Gasteiger partial charge in [-0.05, 0) is 37.9 Å². The lowest BCUT2D eigenvalue weighted by Crippen LogP contribution is -2.31. The van der Waals surface area contributed by atoms with Gasteiger partial charge in [0.1, 0.15) is 4.21 Å². The molecule has 4 nitrogen and oxygen atoms in total. The highest BCUT2D eigenvalue weighted by Gasteiger charge is 2.25. The highest BCUT2D eigenvalue weighted by Crippen LogP contribution is 2.28. The van der Waals surface area contributed by atoms with Gasteiger partial charge >= 0.3 is 0 Å². The Morgan fingerprint density at radius 1 is 1.24 bits per heavy atom. The molecule has 1 rings (SSSR count). The van der Waals surface area contributed by atoms with E-state index in [9.17, 15) is 8.42 Å². The van der Waals surface area contributed by atoms with Crippen LogP contribution < -0.4 is 5.32 Å². The standard InChI is InChI=1S/C15H28N2O2S2/c1-5-8-10-17(7-3)21(18,19)15-11-13(4)14(20-15)12-16-9-6-2/h11,16H,5-10,12H2,1-4H3. The van der Waals surface area contributed by atoms with E-state index in [2.05, 4.69) is 19.2 Å². The lowest BCUT2D eigenvalue weighted by molar-refractivity contribution is 0.420. The third-order valence-electron chi connectivity index (χ3n) is 3.42. The van der Waals surface area contributed by atoms with E-state index in [1.165, 1.54) is 11.3 Å². The maximum absolute atomic E-state index is 12.7. The highest BCUT2D eigenvalue weighted by molar-refractivity contribution is 7.91. The Hall–Kier alpha value is -0.430. The van der Waals surface area contributed by atoms with Gasteiger partial charge < -0.3 is 5.32 Å². The first-order valence-electron chi connectivity index (χ1n) is 7.77. The Morgan fingerprint density at radius 2 is 1.95 bits per heavy atom. The van der Waals surface area contributed by atoms with Crippen LogP contribution in [0.15, 0.2) is 10.3 Å². The summed E-state index contributed by atoms with van der Waals surface area (Å²) in [5.74, 6) is 0. The lowest BCUT2D eigenvalue weighted by atomic mass is 10.3. The number of hydrogen-bond acceptors (Lipinski definition) is 4. The molecule has 0 fully saturated rings. The van der Waals surface area contributed by atoms with Crippen LogP contribution in [0, 0.1) is 6.92 Å². The first kappa shape index (κ1) is 18.6. The maximum Gasteiger partial charge on any atom is 0.252 e. The van der Waals surface area contributed by atoms with Gasteiger partial charge in [0, 0.05) is 24.5 Å². The molecule has 6 heteroatoms. The van der Waals surface area contributed by atoms with Gasteiger partial charge in [-0.1, -0.05) is 27.2 Å². The zero-order valence-corrected chi connectivity index (χ0v) is 15.2. The van der Waals surface area contributed by atoms with Crippen LogP contribution in [-0.4, -0.2) is 32.4 Å². The van der Waals surface area contributed by atoms with Crippen LogP contribution in [0.1, 0.15) is 50.5 Å². The molecule has 0 aromatic carbocycles. The summed E-state index contributed by atoms with van der Waals surface area (Å²) in [7, 11) is -3.33. The van der Waals surface area contributed by atoms with Crippen molar-refractivity contribution in [1.82, 2.24) is 9.62 Å². The van der Waals surface area contributed by atoms with Gasteiger partial charge in [-0.15, -0.1) is 11.3 Å². The number of nitrogens with one attached hydrogen (secondary N) is 1. The van der Waals surface area contributed by atoms with Crippen molar-refractivity contribution in [3.63, 3.8) is 0 Å². The van der Waals surface area contributed by atoms with Crippen LogP contribution >= 0.6 is 11.3 Å². The van der Waals surface area contributed by atoms with Gasteiger partial charge in [-0.2, -0.15) is 4.31 Å². The molecule has 0 amide bonds. The van der Waals surface area contributed by atoms with Gasteiger partial charge in [0.15, 0.2) is 0 Å². The van der Waals surface area contributed by atoms with Crippen molar-refractivity contribution in [2.45, 2.75) is 57.7 Å². The summed E-state index contributed by atoms with van der Waals surface area (Å²) < 4.78 is 27.4. The van der Waals surface area contributed by atoms with Gasteiger partial charge in [0.25, 0.3) is 10.0 Å². The van der Waals surface area contributed by atoms with Crippen molar-refractivity contribution in [3.8, 4) is 0 Å². The predicted molar refractivity (Wildman–Crippen MR) is 90.4 cm³/mol. The summed E-state index contributed by atoms with van der Waals surface area (Å²) in [6, 6.07) is 1.82. The molecule has 0 atom stereocenters. The van der Waals surface area contributed by atoms with Crippen LogP contribution in [-0.2, 0) is 16.6 Å². The van der Waals surface area contributed by atoms with E-state index in [0.29, 0.717) is 17.3 Å². The third kappa shape index (κ3) is 5.06. The molecule has 0 radical (unpaired) electrons. The Balaban J connectivity index is 2.89. The average molecular weight is 333 g/mol. The van der Waals surface area contributed by atoms with Crippen LogP contribution in [0.2, 0.25) is 0 Å². The number of aryl methyl sites for hydroxylation is 1. The first-order valence-corrected chi connectivity index (χ1v) is 10.0. The fraction of sp³-hybridized carbons (Fsp3) is 0.733. The Kier molecular flexibility index (Phi) is 7.87. The fourth-order valence-electron chi connectivity index (χ4n) is 2.08. The average Bonchev–Trinajstić information content (AvgIpc) is 2.82. The predicted octanol–water partition coefficient (Wildman–Crippen LogP) is 3.37. The lowest BCUT2D eigenvalue weighted by Gasteiger charge is -2.18. The Labute approximate surface area is 133 Å². The van der Waals surface area contributed by atoms with Gasteiger partial charge in [0.05, 0.1) is 0 Å². The Morgan fingerprint density at radius 3 is 2.52 bits per heavy atom. The Bertz CT molecular complexity index is 524. The smallest absolute Gasteiger partial charge is 0.252 e. The highest BCUT2D eigenvalue weighted by atomic mass is 32.2. The molecule has 0 aliphatic heterocycles. The van der Waals surface area contributed by atoms with Crippen molar-refractivity contribution in [3.05, 3.63) is 16.5 Å². The molecule has 21 heavy (non-hydrogen) atoms. The summed E-state index contributed by atoms with van der Waals surface area (Å²) in [5.41, 5.74) is 1.06. The van der Waals surface area contributed by atoms with E-state index < -0.39 is 10.0 Å². The zero-order chi connectivity index (χ0) is 15.9. The molecule has 1 aromatic rings. The monoisotopic (exact) mass is 332 g/mol. The van der Waals surface area contributed by atoms with E-state index in [0.717, 1.165) is 42.8 Å². The molecule has 122 valence electrons. The summed E-state index contributed by atoms with van der Waals surface area (Å²) in [6.07, 6.45) is 2.99. The molecule has 0 saturated carbocycles. The second-order valence-electron chi connectivity index (χ2n) is 5.20. The minimum absolute atomic E-state index is 0.478. The summed E-state index contributed by atoms with van der Waals surface area (Å²) in [4.78, 5) is 1.12. The molecule has 1 N–H and O–H groups in total. The molecule has 0 aliphatic rings. The molecule has 1 heterocycles. The van der Waals surface area contributed by atoms with E-state index in [1.807, 2.05) is 19.9 Å². The van der Waals surface area contributed by atoms with Crippen LogP contribution in [0.5, 0.6) is 0 Å². The molecule has 0 unspecified atom stereocenters. The normalized spacial score (nSPS) is 12.2. The third-order valence-corrected chi connectivity index (χ3v) is 7.08. The van der Waals surface area contributed by atoms with Gasteiger partial charge in [-0.25, -0.2) is 8.42 Å². The first-order chi connectivity index (χ1) is 9.97. The van der Waals surface area contributed by atoms with Crippen molar-refractivity contribution in [2.75, 3.05) is 19.6 Å². The van der Waals surface area contributed by atoms with E-state index >= 15 is 0 Å². The largest absolute Gasteiger partial charge is 0.312 e. The van der Waals surface area contributed by atoms with Gasteiger partial charge in [-0.3, -0.25) is 0 Å². The number of sulfonamides is 1. The number of nitrogens with zero attached hydrogens (tertiary/aromatic N) is 1. The quantitative estimate of drug-likeness (QED) is 0.668. The second kappa shape index (κ2) is 8.88. The molecule has 0 bridgehead atoms. The molecular weight excluding hydrogens is 304 g/mol. The molecule has 1 aromatic heterocycles. The van der Waals surface area contributed by atoms with E-state index in [1.54, 1.807) is 4.31 Å². The van der Waals surface area contributed by atoms with Crippen molar-refractivity contribution >= 4 is 21.4 Å². The second-order valence-corrected chi connectivity index (χ2v) is 8.50. The van der Waals surface area contributed by atoms with E-state index in [4.69, 9.17) is 0 Å². The minimum atomic E-state index is -3.33. The topological polar surface area (TPSA) is 49.4 Å². The summed E-state index contributed by atoms with van der Waals surface area (Å²) in [5, 5.41) is 3.34. The molecular formula is C15H28N2O2S2. The zero-order valence-electron chi connectivity index (χ0n) is 13.6. The van der Waals surface area contributed by atoms with Crippen LogP contribution in [0.3, 0.4) is 0 Å². The molecule has 0 aliphatic carbocycles. The maximum atomic E-state index is 12.7. The SMILES string of the molecule is CCCCN(CC)S(=O)(=O)c1cc(C)c(CNCCC)s1. The number of hydrogen-bond donors (Lipinski definition) is 1. The fourth-order valence-corrected chi connectivity index (χ4v) is 5.28. The van der Waals surface area contributed by atoms with Crippen molar-refractivity contribution in [1.29, 1.82) is 0 Å². The number of thiophene rings is 1.